The van der Waals surface area contributed by atoms with Crippen molar-refractivity contribution >= 4 is 0 Å². The summed E-state index contributed by atoms with van der Waals surface area (Å²) in [5, 5.41) is 3.50. The molecule has 4 heteroatoms. The molecule has 1 saturated heterocycles. The molecular weight excluding hydrogens is 230 g/mol. The lowest BCUT2D eigenvalue weighted by Crippen LogP contribution is -2.36. The van der Waals surface area contributed by atoms with E-state index in [0.29, 0.717) is 6.04 Å². The fourth-order valence-electron chi connectivity index (χ4n) is 2.15. The first-order chi connectivity index (χ1) is 8.83. The number of nitrogens with one attached hydrogen (secondary N) is 1. The van der Waals surface area contributed by atoms with Crippen molar-refractivity contribution in [3.05, 3.63) is 23.8 Å². The highest BCUT2D eigenvalue weighted by Gasteiger charge is 2.14. The Kier molecular flexibility index (Phi) is 4.84. The third-order valence-electron chi connectivity index (χ3n) is 3.24. The Bertz CT molecular complexity index is 375. The van der Waals surface area contributed by atoms with Crippen molar-refractivity contribution in [1.29, 1.82) is 0 Å². The average molecular weight is 251 g/mol. The van der Waals surface area contributed by atoms with Crippen molar-refractivity contribution in [1.82, 2.24) is 5.32 Å². The van der Waals surface area contributed by atoms with Gasteiger partial charge in [0.25, 0.3) is 0 Å². The van der Waals surface area contributed by atoms with E-state index in [0.717, 1.165) is 43.2 Å². The molecule has 0 unspecified atom stereocenters. The zero-order chi connectivity index (χ0) is 12.8. The van der Waals surface area contributed by atoms with Crippen molar-refractivity contribution in [2.24, 2.45) is 0 Å². The summed E-state index contributed by atoms with van der Waals surface area (Å²) >= 11 is 0. The molecule has 0 aliphatic carbocycles. The first kappa shape index (κ1) is 13.2. The Labute approximate surface area is 108 Å². The summed E-state index contributed by atoms with van der Waals surface area (Å²) in [6.45, 7) is 2.49. The van der Waals surface area contributed by atoms with E-state index in [9.17, 15) is 0 Å². The van der Waals surface area contributed by atoms with Crippen LogP contribution in [-0.4, -0.2) is 33.5 Å². The van der Waals surface area contributed by atoms with Crippen LogP contribution < -0.4 is 14.8 Å². The van der Waals surface area contributed by atoms with Crippen molar-refractivity contribution in [3.63, 3.8) is 0 Å². The molecule has 100 valence electrons. The standard InChI is InChI=1S/C14H21NO3/c1-16-13-6-5-11(14(8-13)17-2)9-15-12-4-3-7-18-10-12/h5-6,8,12,15H,3-4,7,9-10H2,1-2H3/t12-/m1/s1. The Balaban J connectivity index is 1.95. The maximum absolute atomic E-state index is 5.45. The van der Waals surface area contributed by atoms with E-state index >= 15 is 0 Å². The normalized spacial score (nSPS) is 19.6. The van der Waals surface area contributed by atoms with E-state index in [-0.39, 0.29) is 0 Å². The molecule has 1 fully saturated rings. The zero-order valence-electron chi connectivity index (χ0n) is 11.1. The monoisotopic (exact) mass is 251 g/mol. The molecule has 1 aliphatic heterocycles. The molecule has 18 heavy (non-hydrogen) atoms. The molecule has 0 radical (unpaired) electrons. The summed E-state index contributed by atoms with van der Waals surface area (Å²) < 4.78 is 16.0. The summed E-state index contributed by atoms with van der Waals surface area (Å²) in [7, 11) is 3.34. The van der Waals surface area contributed by atoms with Crippen LogP contribution >= 0.6 is 0 Å². The Hall–Kier alpha value is -1.26. The van der Waals surface area contributed by atoms with Crippen molar-refractivity contribution in [2.75, 3.05) is 27.4 Å². The summed E-state index contributed by atoms with van der Waals surface area (Å²) in [5.41, 5.74) is 1.14. The summed E-state index contributed by atoms with van der Waals surface area (Å²) in [6.07, 6.45) is 2.32. The van der Waals surface area contributed by atoms with Crippen molar-refractivity contribution in [3.8, 4) is 11.5 Å². The fourth-order valence-corrected chi connectivity index (χ4v) is 2.15. The predicted octanol–water partition coefficient (Wildman–Crippen LogP) is 1.97. The molecule has 0 saturated carbocycles. The van der Waals surface area contributed by atoms with Crippen LogP contribution in [0.25, 0.3) is 0 Å². The summed E-state index contributed by atoms with van der Waals surface area (Å²) in [6, 6.07) is 6.35. The molecule has 0 spiro atoms. The quantitative estimate of drug-likeness (QED) is 0.868. The van der Waals surface area contributed by atoms with Gasteiger partial charge in [0.2, 0.25) is 0 Å². The van der Waals surface area contributed by atoms with Gasteiger partial charge in [0.1, 0.15) is 11.5 Å². The highest BCUT2D eigenvalue weighted by molar-refractivity contribution is 5.40. The maximum atomic E-state index is 5.45. The van der Waals surface area contributed by atoms with Crippen LogP contribution in [0.15, 0.2) is 18.2 Å². The van der Waals surface area contributed by atoms with E-state index in [1.807, 2.05) is 18.2 Å². The van der Waals surface area contributed by atoms with Gasteiger partial charge in [-0.15, -0.1) is 0 Å². The first-order valence-electron chi connectivity index (χ1n) is 6.35. The van der Waals surface area contributed by atoms with Gasteiger partial charge in [-0.3, -0.25) is 0 Å². The van der Waals surface area contributed by atoms with Crippen LogP contribution in [0.3, 0.4) is 0 Å². The summed E-state index contributed by atoms with van der Waals surface area (Å²) in [5.74, 6) is 1.68. The second kappa shape index (κ2) is 6.61. The van der Waals surface area contributed by atoms with Crippen molar-refractivity contribution in [2.45, 2.75) is 25.4 Å². The second-order valence-electron chi connectivity index (χ2n) is 4.47. The van der Waals surface area contributed by atoms with Crippen molar-refractivity contribution < 1.29 is 14.2 Å². The predicted molar refractivity (Wildman–Crippen MR) is 70.2 cm³/mol. The van der Waals surface area contributed by atoms with Gasteiger partial charge in [0, 0.05) is 30.8 Å². The topological polar surface area (TPSA) is 39.7 Å². The lowest BCUT2D eigenvalue weighted by molar-refractivity contribution is 0.0699. The lowest BCUT2D eigenvalue weighted by Gasteiger charge is -2.23. The Morgan fingerprint density at radius 2 is 2.22 bits per heavy atom. The Morgan fingerprint density at radius 1 is 1.33 bits per heavy atom. The molecule has 0 amide bonds. The molecule has 1 atom stereocenters. The molecule has 4 nitrogen and oxygen atoms in total. The van der Waals surface area contributed by atoms with Crippen LogP contribution in [0.2, 0.25) is 0 Å². The van der Waals surface area contributed by atoms with E-state index < -0.39 is 0 Å². The van der Waals surface area contributed by atoms with Gasteiger partial charge in [-0.05, 0) is 18.9 Å². The minimum atomic E-state index is 0.450. The van der Waals surface area contributed by atoms with Gasteiger partial charge in [0.05, 0.1) is 20.8 Å². The third-order valence-corrected chi connectivity index (χ3v) is 3.24. The van der Waals surface area contributed by atoms with Crippen LogP contribution in [0.1, 0.15) is 18.4 Å². The highest BCUT2D eigenvalue weighted by atomic mass is 16.5. The number of hydrogen-bond acceptors (Lipinski definition) is 4. The zero-order valence-corrected chi connectivity index (χ0v) is 11.1. The molecule has 1 aliphatic rings. The first-order valence-corrected chi connectivity index (χ1v) is 6.35. The SMILES string of the molecule is COc1ccc(CN[C@@H]2CCCOC2)c(OC)c1. The van der Waals surface area contributed by atoms with Gasteiger partial charge in [-0.2, -0.15) is 0 Å². The number of rotatable bonds is 5. The minimum absolute atomic E-state index is 0.450. The van der Waals surface area contributed by atoms with Gasteiger partial charge in [0.15, 0.2) is 0 Å². The fraction of sp³-hybridized carbons (Fsp3) is 0.571. The lowest BCUT2D eigenvalue weighted by atomic mass is 10.1. The maximum Gasteiger partial charge on any atom is 0.127 e. The van der Waals surface area contributed by atoms with Gasteiger partial charge in [-0.25, -0.2) is 0 Å². The van der Waals surface area contributed by atoms with Gasteiger partial charge < -0.3 is 19.5 Å². The molecule has 0 aromatic heterocycles. The number of methoxy groups -OCH3 is 2. The van der Waals surface area contributed by atoms with Crippen LogP contribution in [-0.2, 0) is 11.3 Å². The van der Waals surface area contributed by atoms with Crippen LogP contribution in [0.5, 0.6) is 11.5 Å². The smallest absolute Gasteiger partial charge is 0.127 e. The van der Waals surface area contributed by atoms with E-state index in [2.05, 4.69) is 5.32 Å². The van der Waals surface area contributed by atoms with Crippen LogP contribution in [0, 0.1) is 0 Å². The molecule has 0 bridgehead atoms. The minimum Gasteiger partial charge on any atom is -0.497 e. The molecule has 1 aromatic rings. The largest absolute Gasteiger partial charge is 0.497 e. The van der Waals surface area contributed by atoms with E-state index in [4.69, 9.17) is 14.2 Å². The number of ether oxygens (including phenoxy) is 3. The molecule has 2 rings (SSSR count). The molecule has 1 aromatic carbocycles. The van der Waals surface area contributed by atoms with Gasteiger partial charge >= 0.3 is 0 Å². The second-order valence-corrected chi connectivity index (χ2v) is 4.47. The highest BCUT2D eigenvalue weighted by Crippen LogP contribution is 2.24. The summed E-state index contributed by atoms with van der Waals surface area (Å²) in [4.78, 5) is 0. The molecular formula is C14H21NO3. The molecule has 1 heterocycles. The third kappa shape index (κ3) is 3.37. The Morgan fingerprint density at radius 3 is 2.89 bits per heavy atom. The van der Waals surface area contributed by atoms with E-state index in [1.54, 1.807) is 14.2 Å². The van der Waals surface area contributed by atoms with Crippen LogP contribution in [0.4, 0.5) is 0 Å². The van der Waals surface area contributed by atoms with E-state index in [1.165, 1.54) is 6.42 Å². The number of benzene rings is 1. The van der Waals surface area contributed by atoms with Gasteiger partial charge in [-0.1, -0.05) is 6.07 Å². The molecule has 1 N–H and O–H groups in total. The number of hydrogen-bond donors (Lipinski definition) is 1. The average Bonchev–Trinajstić information content (AvgIpc) is 2.46.